The average molecular weight is 523 g/mol. The van der Waals surface area contributed by atoms with Crippen LogP contribution in [0.25, 0.3) is 16.5 Å². The highest BCUT2D eigenvalue weighted by Gasteiger charge is 2.35. The molecule has 1 heterocycles. The molecule has 0 bridgehead atoms. The van der Waals surface area contributed by atoms with Crippen LogP contribution in [0.4, 0.5) is 8.78 Å². The highest BCUT2D eigenvalue weighted by Crippen LogP contribution is 2.41. The van der Waals surface area contributed by atoms with Gasteiger partial charge in [-0.3, -0.25) is 14.2 Å². The second-order valence-electron chi connectivity index (χ2n) is 8.44. The molecule has 1 N–H and O–H groups in total. The second-order valence-corrected chi connectivity index (χ2v) is 9.00. The fourth-order valence-corrected chi connectivity index (χ4v) is 5.02. The summed E-state index contributed by atoms with van der Waals surface area (Å²) in [5.41, 5.74) is 1.27. The van der Waals surface area contributed by atoms with Crippen molar-refractivity contribution in [2.75, 3.05) is 0 Å². The molecule has 0 spiro atoms. The number of hydrogen-bond acceptors (Lipinski definition) is 2. The monoisotopic (exact) mass is 522 g/mol. The van der Waals surface area contributed by atoms with Crippen molar-refractivity contribution < 1.29 is 13.6 Å². The second kappa shape index (κ2) is 9.14. The number of carbonyl (C=O) groups is 1. The van der Waals surface area contributed by atoms with Gasteiger partial charge >= 0.3 is 0 Å². The van der Waals surface area contributed by atoms with Gasteiger partial charge in [0.25, 0.3) is 11.5 Å². The molecule has 1 amide bonds. The third-order valence-electron chi connectivity index (χ3n) is 6.21. The van der Waals surface area contributed by atoms with Gasteiger partial charge in [0.1, 0.15) is 11.6 Å². The van der Waals surface area contributed by atoms with Gasteiger partial charge in [-0.15, -0.1) is 0 Å². The van der Waals surface area contributed by atoms with E-state index in [4.69, 9.17) is 0 Å². The predicted molar refractivity (Wildman–Crippen MR) is 131 cm³/mol. The quantitative estimate of drug-likeness (QED) is 0.313. The Bertz CT molecular complexity index is 1450. The van der Waals surface area contributed by atoms with Crippen LogP contribution in [0.1, 0.15) is 40.5 Å². The number of aromatic nitrogens is 1. The molecule has 0 unspecified atom stereocenters. The van der Waals surface area contributed by atoms with Crippen LogP contribution in [-0.2, 0) is 5.33 Å². The number of para-hydroxylation sites is 1. The Morgan fingerprint density at radius 3 is 2.44 bits per heavy atom. The first-order valence-electron chi connectivity index (χ1n) is 11.0. The Labute approximate surface area is 203 Å². The number of carbonyl (C=O) groups excluding carboxylic acids is 1. The van der Waals surface area contributed by atoms with E-state index in [1.165, 1.54) is 34.9 Å². The summed E-state index contributed by atoms with van der Waals surface area (Å²) < 4.78 is 30.5. The van der Waals surface area contributed by atoms with Crippen molar-refractivity contribution in [3.63, 3.8) is 0 Å². The van der Waals surface area contributed by atoms with Crippen LogP contribution in [0.3, 0.4) is 0 Å². The van der Waals surface area contributed by atoms with E-state index in [1.54, 1.807) is 36.4 Å². The van der Waals surface area contributed by atoms with E-state index >= 15 is 4.39 Å². The van der Waals surface area contributed by atoms with E-state index in [0.29, 0.717) is 16.9 Å². The van der Waals surface area contributed by atoms with Gasteiger partial charge in [-0.05, 0) is 60.7 Å². The lowest BCUT2D eigenvalue weighted by Gasteiger charge is -2.22. The molecule has 1 aliphatic carbocycles. The number of benzene rings is 3. The summed E-state index contributed by atoms with van der Waals surface area (Å²) in [6.07, 6.45) is 1.82. The average Bonchev–Trinajstić information content (AvgIpc) is 3.68. The molecule has 0 aliphatic heterocycles. The highest BCUT2D eigenvalue weighted by molar-refractivity contribution is 9.08. The summed E-state index contributed by atoms with van der Waals surface area (Å²) in [6.45, 7) is 0. The van der Waals surface area contributed by atoms with Gasteiger partial charge in [0, 0.05) is 16.4 Å². The van der Waals surface area contributed by atoms with Crippen molar-refractivity contribution in [2.24, 2.45) is 5.92 Å². The van der Waals surface area contributed by atoms with E-state index < -0.39 is 23.3 Å². The number of nitrogens with zero attached hydrogens (tertiary/aromatic N) is 1. The van der Waals surface area contributed by atoms with Crippen molar-refractivity contribution in [2.45, 2.75) is 24.2 Å². The van der Waals surface area contributed by atoms with Gasteiger partial charge in [0.2, 0.25) is 0 Å². The molecule has 0 saturated heterocycles. The van der Waals surface area contributed by atoms with E-state index in [1.807, 2.05) is 6.07 Å². The number of hydrogen-bond donors (Lipinski definition) is 1. The van der Waals surface area contributed by atoms with Crippen LogP contribution in [0.2, 0.25) is 0 Å². The molecule has 0 radical (unpaired) electrons. The molecule has 1 atom stereocenters. The third kappa shape index (κ3) is 4.05. The number of alkyl halides is 1. The van der Waals surface area contributed by atoms with Crippen LogP contribution in [0, 0.1) is 17.6 Å². The van der Waals surface area contributed by atoms with E-state index in [0.717, 1.165) is 12.8 Å². The largest absolute Gasteiger partial charge is 0.345 e. The standard InChI is InChI=1S/C27H21BrF2N2O2/c28-15-22-24(26(33)31-25(16-12-13-16)17-6-4-7-18(29)14-17)23-20(10-5-11-21(23)30)27(34)32(22)19-8-2-1-3-9-19/h1-11,14,16,25H,12-13,15H2,(H,31,33)/t25-/m0/s1. The normalized spacial score (nSPS) is 14.2. The summed E-state index contributed by atoms with van der Waals surface area (Å²) in [6, 6.07) is 18.9. The van der Waals surface area contributed by atoms with Crippen molar-refractivity contribution >= 4 is 32.6 Å². The Kier molecular flexibility index (Phi) is 6.04. The zero-order valence-electron chi connectivity index (χ0n) is 18.1. The van der Waals surface area contributed by atoms with Crippen molar-refractivity contribution in [1.82, 2.24) is 9.88 Å². The number of amides is 1. The van der Waals surface area contributed by atoms with E-state index in [2.05, 4.69) is 21.2 Å². The van der Waals surface area contributed by atoms with E-state index in [9.17, 15) is 14.0 Å². The van der Waals surface area contributed by atoms with Crippen LogP contribution in [0.5, 0.6) is 0 Å². The number of rotatable bonds is 6. The molecule has 3 aromatic carbocycles. The maximum atomic E-state index is 15.1. The highest BCUT2D eigenvalue weighted by atomic mass is 79.9. The Morgan fingerprint density at radius 2 is 1.76 bits per heavy atom. The SMILES string of the molecule is O=C(N[C@H](c1cccc(F)c1)C1CC1)c1c(CBr)n(-c2ccccc2)c(=O)c2cccc(F)c12. The van der Waals surface area contributed by atoms with Gasteiger partial charge in [0.15, 0.2) is 0 Å². The van der Waals surface area contributed by atoms with Crippen LogP contribution in [-0.4, -0.2) is 10.5 Å². The molecule has 1 aliphatic rings. The molecule has 1 aromatic heterocycles. The van der Waals surface area contributed by atoms with Gasteiger partial charge in [-0.2, -0.15) is 0 Å². The Morgan fingerprint density at radius 1 is 1.03 bits per heavy atom. The summed E-state index contributed by atoms with van der Waals surface area (Å²) >= 11 is 3.42. The fourth-order valence-electron chi connectivity index (χ4n) is 4.49. The first-order valence-corrected chi connectivity index (χ1v) is 12.2. The summed E-state index contributed by atoms with van der Waals surface area (Å²) in [5, 5.41) is 3.28. The number of fused-ring (bicyclic) bond motifs is 1. The van der Waals surface area contributed by atoms with Crippen molar-refractivity contribution in [3.8, 4) is 5.69 Å². The van der Waals surface area contributed by atoms with Gasteiger partial charge in [-0.1, -0.05) is 52.3 Å². The lowest BCUT2D eigenvalue weighted by molar-refractivity contribution is 0.0931. The minimum Gasteiger partial charge on any atom is -0.345 e. The Hall–Kier alpha value is -3.32. The number of halogens is 3. The number of nitrogens with one attached hydrogen (secondary N) is 1. The minimum atomic E-state index is -0.643. The minimum absolute atomic E-state index is 0.0135. The molecule has 1 saturated carbocycles. The lowest BCUT2D eigenvalue weighted by Crippen LogP contribution is -2.34. The van der Waals surface area contributed by atoms with Crippen LogP contribution < -0.4 is 10.9 Å². The molecule has 5 rings (SSSR count). The summed E-state index contributed by atoms with van der Waals surface area (Å²) in [5.74, 6) is -1.35. The topological polar surface area (TPSA) is 51.1 Å². The van der Waals surface area contributed by atoms with Gasteiger partial charge in [0.05, 0.1) is 22.7 Å². The van der Waals surface area contributed by atoms with E-state index in [-0.39, 0.29) is 33.4 Å². The zero-order chi connectivity index (χ0) is 23.8. The molecule has 7 heteroatoms. The fraction of sp³-hybridized carbons (Fsp3) is 0.185. The molecular weight excluding hydrogens is 502 g/mol. The predicted octanol–water partition coefficient (Wildman–Crippen LogP) is 6.04. The van der Waals surface area contributed by atoms with Gasteiger partial charge < -0.3 is 5.32 Å². The van der Waals surface area contributed by atoms with Crippen molar-refractivity contribution in [3.05, 3.63) is 112 Å². The summed E-state index contributed by atoms with van der Waals surface area (Å²) in [7, 11) is 0. The zero-order valence-corrected chi connectivity index (χ0v) is 19.7. The molecule has 172 valence electrons. The third-order valence-corrected chi connectivity index (χ3v) is 6.74. The molecule has 4 nitrogen and oxygen atoms in total. The molecular formula is C27H21BrF2N2O2. The van der Waals surface area contributed by atoms with Crippen LogP contribution in [0.15, 0.2) is 77.6 Å². The summed E-state index contributed by atoms with van der Waals surface area (Å²) in [4.78, 5) is 27.2. The maximum absolute atomic E-state index is 15.1. The van der Waals surface area contributed by atoms with Crippen molar-refractivity contribution in [1.29, 1.82) is 0 Å². The first kappa shape index (κ1) is 22.5. The first-order chi connectivity index (χ1) is 16.5. The smallest absolute Gasteiger partial charge is 0.263 e. The number of pyridine rings is 1. The molecule has 1 fully saturated rings. The molecule has 4 aromatic rings. The van der Waals surface area contributed by atoms with Crippen LogP contribution >= 0.6 is 15.9 Å². The Balaban J connectivity index is 1.71. The molecule has 34 heavy (non-hydrogen) atoms. The maximum Gasteiger partial charge on any atom is 0.263 e. The van der Waals surface area contributed by atoms with Gasteiger partial charge in [-0.25, -0.2) is 8.78 Å². The lowest BCUT2D eigenvalue weighted by atomic mass is 9.99.